The van der Waals surface area contributed by atoms with E-state index < -0.39 is 17.6 Å². The van der Waals surface area contributed by atoms with Crippen LogP contribution in [0.2, 0.25) is 0 Å². The molecule has 0 unspecified atom stereocenters. The molecule has 0 aliphatic carbocycles. The number of hydrogen-bond acceptors (Lipinski definition) is 3. The second-order valence-electron chi connectivity index (χ2n) is 4.06. The minimum absolute atomic E-state index is 0.0405. The number of benzene rings is 2. The van der Waals surface area contributed by atoms with Gasteiger partial charge in [-0.25, -0.2) is 13.6 Å². The van der Waals surface area contributed by atoms with E-state index in [1.807, 2.05) is 0 Å². The Morgan fingerprint density at radius 2 is 2.00 bits per heavy atom. The maximum absolute atomic E-state index is 13.4. The van der Waals surface area contributed by atoms with E-state index in [1.54, 1.807) is 0 Å². The zero-order chi connectivity index (χ0) is 14.7. The molecule has 0 saturated carbocycles. The van der Waals surface area contributed by atoms with Crippen LogP contribution in [0, 0.1) is 11.6 Å². The molecule has 0 radical (unpaired) electrons. The second kappa shape index (κ2) is 5.56. The average molecular weight is 279 g/mol. The Kier molecular flexibility index (Phi) is 3.84. The van der Waals surface area contributed by atoms with Crippen molar-refractivity contribution in [2.75, 3.05) is 5.73 Å². The molecular formula is C14H11F2NO3. The van der Waals surface area contributed by atoms with Gasteiger partial charge in [0.05, 0.1) is 5.56 Å². The Balaban J connectivity index is 2.17. The molecular weight excluding hydrogens is 268 g/mol. The quantitative estimate of drug-likeness (QED) is 0.844. The summed E-state index contributed by atoms with van der Waals surface area (Å²) in [6.45, 7) is -0.216. The number of rotatable bonds is 4. The van der Waals surface area contributed by atoms with Crippen LogP contribution in [0.25, 0.3) is 0 Å². The SMILES string of the molecule is Nc1ccc(OCc2cccc(F)c2F)cc1C(=O)O. The number of nitrogens with two attached hydrogens (primary N) is 1. The highest BCUT2D eigenvalue weighted by atomic mass is 19.2. The van der Waals surface area contributed by atoms with Gasteiger partial charge in [-0.2, -0.15) is 0 Å². The summed E-state index contributed by atoms with van der Waals surface area (Å²) < 4.78 is 31.7. The lowest BCUT2D eigenvalue weighted by Gasteiger charge is -2.09. The molecule has 0 amide bonds. The fraction of sp³-hybridized carbons (Fsp3) is 0.0714. The fourth-order valence-corrected chi connectivity index (χ4v) is 1.63. The highest BCUT2D eigenvalue weighted by Gasteiger charge is 2.11. The Morgan fingerprint density at radius 1 is 1.25 bits per heavy atom. The summed E-state index contributed by atoms with van der Waals surface area (Å²) in [5.74, 6) is -2.93. The van der Waals surface area contributed by atoms with Gasteiger partial charge in [-0.05, 0) is 24.3 Å². The van der Waals surface area contributed by atoms with E-state index in [-0.39, 0.29) is 29.2 Å². The van der Waals surface area contributed by atoms with Crippen molar-refractivity contribution in [3.63, 3.8) is 0 Å². The standard InChI is InChI=1S/C14H11F2NO3/c15-11-3-1-2-8(13(11)16)7-20-9-4-5-12(17)10(6-9)14(18)19/h1-6H,7,17H2,(H,18,19). The Bertz CT molecular complexity index is 659. The molecule has 20 heavy (non-hydrogen) atoms. The first-order valence-corrected chi connectivity index (χ1v) is 5.67. The van der Waals surface area contributed by atoms with Crippen molar-refractivity contribution in [3.8, 4) is 5.75 Å². The number of halogens is 2. The summed E-state index contributed by atoms with van der Waals surface area (Å²) in [5.41, 5.74) is 5.53. The van der Waals surface area contributed by atoms with Crippen LogP contribution in [0.15, 0.2) is 36.4 Å². The van der Waals surface area contributed by atoms with E-state index in [1.165, 1.54) is 30.3 Å². The van der Waals surface area contributed by atoms with E-state index in [0.29, 0.717) is 0 Å². The molecule has 2 aromatic carbocycles. The summed E-state index contributed by atoms with van der Waals surface area (Å²) in [5, 5.41) is 8.91. The van der Waals surface area contributed by atoms with Crippen molar-refractivity contribution < 1.29 is 23.4 Å². The summed E-state index contributed by atoms with van der Waals surface area (Å²) in [7, 11) is 0. The largest absolute Gasteiger partial charge is 0.489 e. The van der Waals surface area contributed by atoms with E-state index in [9.17, 15) is 13.6 Å². The number of anilines is 1. The monoisotopic (exact) mass is 279 g/mol. The van der Waals surface area contributed by atoms with Crippen LogP contribution in [-0.2, 0) is 6.61 Å². The van der Waals surface area contributed by atoms with Crippen molar-refractivity contribution in [2.45, 2.75) is 6.61 Å². The van der Waals surface area contributed by atoms with Crippen molar-refractivity contribution in [1.29, 1.82) is 0 Å². The molecule has 2 aromatic rings. The highest BCUT2D eigenvalue weighted by molar-refractivity contribution is 5.94. The lowest BCUT2D eigenvalue weighted by Crippen LogP contribution is -2.04. The molecule has 0 aliphatic rings. The molecule has 0 fully saturated rings. The third kappa shape index (κ3) is 2.85. The number of carboxylic acids is 1. The van der Waals surface area contributed by atoms with Crippen LogP contribution in [0.1, 0.15) is 15.9 Å². The maximum Gasteiger partial charge on any atom is 0.337 e. The molecule has 0 aromatic heterocycles. The Labute approximate surface area is 113 Å². The number of aromatic carboxylic acids is 1. The summed E-state index contributed by atoms with van der Waals surface area (Å²) in [6, 6.07) is 7.82. The first-order valence-electron chi connectivity index (χ1n) is 5.67. The van der Waals surface area contributed by atoms with E-state index in [2.05, 4.69) is 0 Å². The molecule has 0 bridgehead atoms. The molecule has 0 saturated heterocycles. The van der Waals surface area contributed by atoms with Crippen molar-refractivity contribution in [2.24, 2.45) is 0 Å². The summed E-state index contributed by atoms with van der Waals surface area (Å²) in [4.78, 5) is 10.9. The van der Waals surface area contributed by atoms with Crippen LogP contribution >= 0.6 is 0 Å². The smallest absolute Gasteiger partial charge is 0.337 e. The van der Waals surface area contributed by atoms with E-state index in [4.69, 9.17) is 15.6 Å². The normalized spacial score (nSPS) is 10.3. The van der Waals surface area contributed by atoms with Crippen LogP contribution < -0.4 is 10.5 Å². The van der Waals surface area contributed by atoms with Crippen LogP contribution in [0.4, 0.5) is 14.5 Å². The number of ether oxygens (including phenoxy) is 1. The molecule has 6 heteroatoms. The molecule has 3 N–H and O–H groups in total. The van der Waals surface area contributed by atoms with Gasteiger partial charge < -0.3 is 15.6 Å². The highest BCUT2D eigenvalue weighted by Crippen LogP contribution is 2.21. The minimum Gasteiger partial charge on any atom is -0.489 e. The molecule has 104 valence electrons. The first-order chi connectivity index (χ1) is 9.49. The third-order valence-corrected chi connectivity index (χ3v) is 2.68. The number of carbonyl (C=O) groups is 1. The zero-order valence-corrected chi connectivity index (χ0v) is 10.3. The predicted molar refractivity (Wildman–Crippen MR) is 68.5 cm³/mol. The topological polar surface area (TPSA) is 72.5 Å². The summed E-state index contributed by atoms with van der Waals surface area (Å²) >= 11 is 0. The van der Waals surface area contributed by atoms with Gasteiger partial charge in [0, 0.05) is 11.3 Å². The van der Waals surface area contributed by atoms with Gasteiger partial charge in [-0.1, -0.05) is 12.1 Å². The fourth-order valence-electron chi connectivity index (χ4n) is 1.63. The number of carboxylic acid groups (broad SMARTS) is 1. The van der Waals surface area contributed by atoms with Gasteiger partial charge >= 0.3 is 5.97 Å². The van der Waals surface area contributed by atoms with E-state index in [0.717, 1.165) is 6.07 Å². The Hall–Kier alpha value is -2.63. The van der Waals surface area contributed by atoms with Gasteiger partial charge in [-0.15, -0.1) is 0 Å². The molecule has 4 nitrogen and oxygen atoms in total. The van der Waals surface area contributed by atoms with Gasteiger partial charge in [-0.3, -0.25) is 0 Å². The molecule has 0 spiro atoms. The molecule has 0 atom stereocenters. The lowest BCUT2D eigenvalue weighted by atomic mass is 10.1. The third-order valence-electron chi connectivity index (χ3n) is 2.68. The van der Waals surface area contributed by atoms with Crippen molar-refractivity contribution in [3.05, 3.63) is 59.2 Å². The van der Waals surface area contributed by atoms with Crippen LogP contribution in [0.3, 0.4) is 0 Å². The minimum atomic E-state index is -1.19. The van der Waals surface area contributed by atoms with Gasteiger partial charge in [0.1, 0.15) is 12.4 Å². The van der Waals surface area contributed by atoms with Crippen molar-refractivity contribution in [1.82, 2.24) is 0 Å². The average Bonchev–Trinajstić information content (AvgIpc) is 2.41. The van der Waals surface area contributed by atoms with Gasteiger partial charge in [0.15, 0.2) is 11.6 Å². The predicted octanol–water partition coefficient (Wildman–Crippen LogP) is 2.82. The maximum atomic E-state index is 13.4. The lowest BCUT2D eigenvalue weighted by molar-refractivity contribution is 0.0697. The number of hydrogen-bond donors (Lipinski definition) is 2. The van der Waals surface area contributed by atoms with Gasteiger partial charge in [0.25, 0.3) is 0 Å². The van der Waals surface area contributed by atoms with Gasteiger partial charge in [0.2, 0.25) is 0 Å². The van der Waals surface area contributed by atoms with Crippen LogP contribution in [-0.4, -0.2) is 11.1 Å². The molecule has 2 rings (SSSR count). The number of nitrogen functional groups attached to an aromatic ring is 1. The molecule has 0 aliphatic heterocycles. The summed E-state index contributed by atoms with van der Waals surface area (Å²) in [6.07, 6.45) is 0. The van der Waals surface area contributed by atoms with Crippen LogP contribution in [0.5, 0.6) is 5.75 Å². The van der Waals surface area contributed by atoms with Crippen molar-refractivity contribution >= 4 is 11.7 Å². The Morgan fingerprint density at radius 3 is 2.70 bits per heavy atom. The second-order valence-corrected chi connectivity index (χ2v) is 4.06. The first kappa shape index (κ1) is 13.8. The van der Waals surface area contributed by atoms with E-state index >= 15 is 0 Å². The molecule has 0 heterocycles. The zero-order valence-electron chi connectivity index (χ0n) is 10.3.